The summed E-state index contributed by atoms with van der Waals surface area (Å²) < 4.78 is 0. The SMILES string of the molecule is CNC(=O)N=C(SC)C(=O)N(C)C. The van der Waals surface area contributed by atoms with Crippen molar-refractivity contribution in [3.8, 4) is 0 Å². The lowest BCUT2D eigenvalue weighted by Gasteiger charge is -2.09. The van der Waals surface area contributed by atoms with E-state index in [-0.39, 0.29) is 11.0 Å². The van der Waals surface area contributed by atoms with Crippen molar-refractivity contribution < 1.29 is 9.59 Å². The molecule has 0 aliphatic carbocycles. The molecule has 0 heterocycles. The molecule has 0 aliphatic heterocycles. The number of carbonyl (C=O) groups is 2. The van der Waals surface area contributed by atoms with E-state index in [0.29, 0.717) is 0 Å². The molecule has 0 aromatic rings. The smallest absolute Gasteiger partial charge is 0.341 e. The molecular formula is C7H13N3O2S. The summed E-state index contributed by atoms with van der Waals surface area (Å²) in [6.07, 6.45) is 1.70. The summed E-state index contributed by atoms with van der Waals surface area (Å²) in [5.74, 6) is -0.267. The molecule has 0 unspecified atom stereocenters. The lowest BCUT2D eigenvalue weighted by Crippen LogP contribution is -2.29. The average Bonchev–Trinajstić information content (AvgIpc) is 2.12. The zero-order valence-corrected chi connectivity index (χ0v) is 8.94. The van der Waals surface area contributed by atoms with Crippen molar-refractivity contribution in [1.82, 2.24) is 10.2 Å². The van der Waals surface area contributed by atoms with Crippen LogP contribution < -0.4 is 5.32 Å². The number of rotatable bonds is 0. The van der Waals surface area contributed by atoms with Gasteiger partial charge in [0.1, 0.15) is 0 Å². The van der Waals surface area contributed by atoms with Gasteiger partial charge in [0.25, 0.3) is 5.91 Å². The second-order valence-corrected chi connectivity index (χ2v) is 3.17. The van der Waals surface area contributed by atoms with Crippen LogP contribution in [0.4, 0.5) is 4.79 Å². The van der Waals surface area contributed by atoms with E-state index in [4.69, 9.17) is 0 Å². The Labute approximate surface area is 81.6 Å². The highest BCUT2D eigenvalue weighted by Gasteiger charge is 2.13. The van der Waals surface area contributed by atoms with Crippen molar-refractivity contribution in [2.45, 2.75) is 0 Å². The predicted octanol–water partition coefficient (Wildman–Crippen LogP) is 0.175. The number of amides is 3. The molecule has 0 fully saturated rings. The van der Waals surface area contributed by atoms with Crippen molar-refractivity contribution in [2.24, 2.45) is 4.99 Å². The van der Waals surface area contributed by atoms with Crippen LogP contribution in [0.3, 0.4) is 0 Å². The van der Waals surface area contributed by atoms with E-state index in [1.807, 2.05) is 0 Å². The molecule has 13 heavy (non-hydrogen) atoms. The Morgan fingerprint density at radius 1 is 1.38 bits per heavy atom. The number of hydrogen-bond acceptors (Lipinski definition) is 3. The highest BCUT2D eigenvalue weighted by atomic mass is 32.2. The quantitative estimate of drug-likeness (QED) is 0.451. The van der Waals surface area contributed by atoms with Crippen LogP contribution in [0, 0.1) is 0 Å². The summed E-state index contributed by atoms with van der Waals surface area (Å²) in [4.78, 5) is 27.1. The first-order valence-electron chi connectivity index (χ1n) is 3.59. The van der Waals surface area contributed by atoms with Crippen LogP contribution in [0.1, 0.15) is 0 Å². The maximum atomic E-state index is 11.3. The number of urea groups is 1. The molecule has 3 amide bonds. The van der Waals surface area contributed by atoms with Crippen LogP contribution in [-0.2, 0) is 4.79 Å². The van der Waals surface area contributed by atoms with Gasteiger partial charge < -0.3 is 10.2 Å². The fourth-order valence-electron chi connectivity index (χ4n) is 0.520. The molecule has 0 aromatic carbocycles. The summed E-state index contributed by atoms with van der Waals surface area (Å²) in [6.45, 7) is 0. The summed E-state index contributed by atoms with van der Waals surface area (Å²) in [5.41, 5.74) is 0. The molecule has 0 saturated carbocycles. The third-order valence-corrected chi connectivity index (χ3v) is 1.85. The average molecular weight is 203 g/mol. The monoisotopic (exact) mass is 203 g/mol. The predicted molar refractivity (Wildman–Crippen MR) is 54.1 cm³/mol. The summed E-state index contributed by atoms with van der Waals surface area (Å²) in [7, 11) is 4.68. The minimum absolute atomic E-state index is 0.185. The van der Waals surface area contributed by atoms with Gasteiger partial charge in [-0.25, -0.2) is 4.79 Å². The molecule has 0 saturated heterocycles. The molecule has 74 valence electrons. The molecule has 5 nitrogen and oxygen atoms in total. The Balaban J connectivity index is 4.59. The van der Waals surface area contributed by atoms with E-state index in [1.54, 1.807) is 20.4 Å². The van der Waals surface area contributed by atoms with Crippen LogP contribution in [0.5, 0.6) is 0 Å². The van der Waals surface area contributed by atoms with Crippen LogP contribution in [0.25, 0.3) is 0 Å². The minimum Gasteiger partial charge on any atom is -0.343 e. The largest absolute Gasteiger partial charge is 0.343 e. The molecule has 0 radical (unpaired) electrons. The van der Waals surface area contributed by atoms with Crippen LogP contribution in [0.15, 0.2) is 4.99 Å². The van der Waals surface area contributed by atoms with Gasteiger partial charge in [0.05, 0.1) is 0 Å². The Morgan fingerprint density at radius 3 is 2.23 bits per heavy atom. The number of hydrogen-bond donors (Lipinski definition) is 1. The third-order valence-electron chi connectivity index (χ3n) is 1.20. The maximum Gasteiger partial charge on any atom is 0.341 e. The zero-order valence-electron chi connectivity index (χ0n) is 8.12. The van der Waals surface area contributed by atoms with E-state index < -0.39 is 6.03 Å². The van der Waals surface area contributed by atoms with Crippen LogP contribution in [-0.4, -0.2) is 49.3 Å². The summed E-state index contributed by atoms with van der Waals surface area (Å²) in [5, 5.41) is 2.50. The topological polar surface area (TPSA) is 61.8 Å². The van der Waals surface area contributed by atoms with Gasteiger partial charge in [-0.1, -0.05) is 0 Å². The van der Waals surface area contributed by atoms with Gasteiger partial charge >= 0.3 is 6.03 Å². The lowest BCUT2D eigenvalue weighted by atomic mass is 10.6. The minimum atomic E-state index is -0.514. The van der Waals surface area contributed by atoms with E-state index >= 15 is 0 Å². The van der Waals surface area contributed by atoms with E-state index in [0.717, 1.165) is 11.8 Å². The second kappa shape index (κ2) is 5.58. The van der Waals surface area contributed by atoms with E-state index in [1.165, 1.54) is 11.9 Å². The first-order valence-corrected chi connectivity index (χ1v) is 4.81. The molecule has 0 atom stereocenters. The first-order chi connectivity index (χ1) is 6.02. The highest BCUT2D eigenvalue weighted by molar-refractivity contribution is 8.15. The molecule has 0 rings (SSSR count). The standard InChI is InChI=1S/C7H13N3O2S/c1-8-7(12)9-5(13-4)6(11)10(2)3/h1-4H3,(H,8,12). The van der Waals surface area contributed by atoms with Gasteiger partial charge in [-0.05, 0) is 6.26 Å². The number of carbonyl (C=O) groups excluding carboxylic acids is 2. The van der Waals surface area contributed by atoms with Crippen molar-refractivity contribution in [3.05, 3.63) is 0 Å². The van der Waals surface area contributed by atoms with E-state index in [2.05, 4.69) is 10.3 Å². The maximum absolute atomic E-state index is 11.3. The van der Waals surface area contributed by atoms with Crippen molar-refractivity contribution >= 4 is 28.7 Å². The van der Waals surface area contributed by atoms with Gasteiger partial charge in [-0.3, -0.25) is 4.79 Å². The second-order valence-electron chi connectivity index (χ2n) is 2.38. The summed E-state index contributed by atoms with van der Waals surface area (Å²) >= 11 is 1.15. The fourth-order valence-corrected chi connectivity index (χ4v) is 1.05. The molecule has 0 spiro atoms. The van der Waals surface area contributed by atoms with Gasteiger partial charge in [0.15, 0.2) is 5.04 Å². The van der Waals surface area contributed by atoms with Crippen LogP contribution >= 0.6 is 11.8 Å². The van der Waals surface area contributed by atoms with Crippen molar-refractivity contribution in [3.63, 3.8) is 0 Å². The number of nitrogens with one attached hydrogen (secondary N) is 1. The Morgan fingerprint density at radius 2 is 1.92 bits per heavy atom. The molecule has 0 aromatic heterocycles. The number of nitrogens with zero attached hydrogens (tertiary/aromatic N) is 2. The van der Waals surface area contributed by atoms with Gasteiger partial charge in [0, 0.05) is 21.1 Å². The summed E-state index contributed by atoms with van der Waals surface area (Å²) in [6, 6.07) is -0.514. The molecule has 0 bridgehead atoms. The normalized spacial score (nSPS) is 10.9. The first kappa shape index (κ1) is 12.0. The molecule has 1 N–H and O–H groups in total. The van der Waals surface area contributed by atoms with Crippen LogP contribution in [0.2, 0.25) is 0 Å². The van der Waals surface area contributed by atoms with Gasteiger partial charge in [-0.2, -0.15) is 4.99 Å². The highest BCUT2D eigenvalue weighted by Crippen LogP contribution is 2.01. The third kappa shape index (κ3) is 3.93. The molecule has 0 aliphatic rings. The lowest BCUT2D eigenvalue weighted by molar-refractivity contribution is -0.121. The van der Waals surface area contributed by atoms with Crippen molar-refractivity contribution in [1.29, 1.82) is 0 Å². The number of thioether (sulfide) groups is 1. The molecule has 6 heteroatoms. The Hall–Kier alpha value is -1.04. The Bertz CT molecular complexity index is 238. The van der Waals surface area contributed by atoms with Crippen molar-refractivity contribution in [2.75, 3.05) is 27.4 Å². The zero-order chi connectivity index (χ0) is 10.4. The van der Waals surface area contributed by atoms with E-state index in [9.17, 15) is 9.59 Å². The fraction of sp³-hybridized carbons (Fsp3) is 0.571. The van der Waals surface area contributed by atoms with Gasteiger partial charge in [-0.15, -0.1) is 11.8 Å². The Kier molecular flexibility index (Phi) is 5.13. The number of aliphatic imine (C=N–C) groups is 1. The molecular weight excluding hydrogens is 190 g/mol. The van der Waals surface area contributed by atoms with Gasteiger partial charge in [0.2, 0.25) is 0 Å².